The summed E-state index contributed by atoms with van der Waals surface area (Å²) in [5.74, 6) is 0.0586. The summed E-state index contributed by atoms with van der Waals surface area (Å²) >= 11 is 11.6. The number of anilines is 1. The number of nitrogens with one attached hydrogen (secondary N) is 3. The second kappa shape index (κ2) is 5.93. The number of allylic oxidation sites excluding steroid dienone is 2. The molecule has 2 heterocycles. The highest BCUT2D eigenvalue weighted by Gasteiger charge is 2.42. The molecule has 1 aromatic heterocycles. The fraction of sp³-hybridized carbons (Fsp3) is 0.316. The lowest BCUT2D eigenvalue weighted by Gasteiger charge is -2.38. The molecule has 0 saturated carbocycles. The van der Waals surface area contributed by atoms with E-state index in [4.69, 9.17) is 23.8 Å². The van der Waals surface area contributed by atoms with E-state index in [9.17, 15) is 9.59 Å². The standard InChI is InChI=1S/C19H18ClN3O2S/c1-19(2)7-11-14(12(24)8-19)13(9-5-3-4-6-10(9)20)15-16(21-11)22-18(26)23-17(15)25/h3-6,13H,7-8H2,1-2H3,(H3,21,22,23,25,26)/t13-/m0/s1. The van der Waals surface area contributed by atoms with Gasteiger partial charge in [0.15, 0.2) is 10.6 Å². The maximum atomic E-state index is 13.0. The summed E-state index contributed by atoms with van der Waals surface area (Å²) in [5, 5.41) is 3.78. The molecular formula is C19H18ClN3O2S. The zero-order chi connectivity index (χ0) is 18.6. The summed E-state index contributed by atoms with van der Waals surface area (Å²) < 4.78 is 0.240. The lowest BCUT2D eigenvalue weighted by atomic mass is 9.69. The number of halogens is 1. The highest BCUT2D eigenvalue weighted by molar-refractivity contribution is 7.71. The van der Waals surface area contributed by atoms with Crippen LogP contribution >= 0.6 is 23.8 Å². The van der Waals surface area contributed by atoms with Gasteiger partial charge in [0.1, 0.15) is 5.82 Å². The van der Waals surface area contributed by atoms with Crippen LogP contribution in [0.2, 0.25) is 5.02 Å². The number of hydrogen-bond acceptors (Lipinski definition) is 4. The van der Waals surface area contributed by atoms with Crippen molar-refractivity contribution in [2.24, 2.45) is 5.41 Å². The number of ketones is 1. The molecule has 3 N–H and O–H groups in total. The van der Waals surface area contributed by atoms with E-state index < -0.39 is 5.92 Å². The first kappa shape index (κ1) is 17.2. The number of aromatic nitrogens is 2. The van der Waals surface area contributed by atoms with Crippen LogP contribution in [-0.2, 0) is 4.79 Å². The fourth-order valence-corrected chi connectivity index (χ4v) is 4.41. The molecule has 0 unspecified atom stereocenters. The molecule has 7 heteroatoms. The molecule has 134 valence electrons. The number of fused-ring (bicyclic) bond motifs is 1. The summed E-state index contributed by atoms with van der Waals surface area (Å²) in [5.41, 5.74) is 2.18. The quantitative estimate of drug-likeness (QED) is 0.638. The number of carbonyl (C=O) groups is 1. The lowest BCUT2D eigenvalue weighted by Crippen LogP contribution is -2.36. The van der Waals surface area contributed by atoms with E-state index >= 15 is 0 Å². The normalized spacial score (nSPS) is 21.0. The molecular weight excluding hydrogens is 370 g/mol. The van der Waals surface area contributed by atoms with Crippen molar-refractivity contribution in [3.8, 4) is 0 Å². The van der Waals surface area contributed by atoms with Gasteiger partial charge in [-0.05, 0) is 35.7 Å². The van der Waals surface area contributed by atoms with Crippen molar-refractivity contribution in [3.63, 3.8) is 0 Å². The van der Waals surface area contributed by atoms with Crippen molar-refractivity contribution in [1.82, 2.24) is 9.97 Å². The summed E-state index contributed by atoms with van der Waals surface area (Å²) in [6, 6.07) is 7.33. The average Bonchev–Trinajstić information content (AvgIpc) is 2.52. The number of aromatic amines is 2. The summed E-state index contributed by atoms with van der Waals surface area (Å²) in [4.78, 5) is 31.4. The molecule has 2 aromatic rings. The molecule has 2 aliphatic rings. The minimum atomic E-state index is -0.519. The summed E-state index contributed by atoms with van der Waals surface area (Å²) in [6.45, 7) is 4.13. The van der Waals surface area contributed by atoms with Crippen LogP contribution in [0.1, 0.15) is 43.7 Å². The highest BCUT2D eigenvalue weighted by Crippen LogP contribution is 2.48. The molecule has 0 radical (unpaired) electrons. The number of hydrogen-bond donors (Lipinski definition) is 3. The van der Waals surface area contributed by atoms with Gasteiger partial charge in [0.2, 0.25) is 0 Å². The Morgan fingerprint density at radius 2 is 1.88 bits per heavy atom. The van der Waals surface area contributed by atoms with E-state index in [2.05, 4.69) is 29.1 Å². The molecule has 0 fully saturated rings. The van der Waals surface area contributed by atoms with Crippen LogP contribution in [0.25, 0.3) is 0 Å². The predicted molar refractivity (Wildman–Crippen MR) is 104 cm³/mol. The Hall–Kier alpha value is -2.18. The minimum absolute atomic E-state index is 0.0427. The third-order valence-electron chi connectivity index (χ3n) is 4.97. The van der Waals surface area contributed by atoms with Crippen LogP contribution in [0, 0.1) is 10.2 Å². The van der Waals surface area contributed by atoms with Crippen LogP contribution in [0.3, 0.4) is 0 Å². The molecule has 0 amide bonds. The first-order chi connectivity index (χ1) is 12.3. The van der Waals surface area contributed by atoms with E-state index in [1.807, 2.05) is 18.2 Å². The Morgan fingerprint density at radius 1 is 1.15 bits per heavy atom. The largest absolute Gasteiger partial charge is 0.344 e. The van der Waals surface area contributed by atoms with Gasteiger partial charge in [-0.1, -0.05) is 43.6 Å². The van der Waals surface area contributed by atoms with Gasteiger partial charge >= 0.3 is 0 Å². The van der Waals surface area contributed by atoms with Crippen LogP contribution in [-0.4, -0.2) is 15.8 Å². The summed E-state index contributed by atoms with van der Waals surface area (Å²) in [7, 11) is 0. The summed E-state index contributed by atoms with van der Waals surface area (Å²) in [6.07, 6.45) is 1.15. The molecule has 5 nitrogen and oxygen atoms in total. The van der Waals surface area contributed by atoms with E-state index in [-0.39, 0.29) is 21.5 Å². The van der Waals surface area contributed by atoms with Crippen LogP contribution < -0.4 is 10.9 Å². The van der Waals surface area contributed by atoms with Gasteiger partial charge in [-0.15, -0.1) is 0 Å². The molecule has 1 aliphatic carbocycles. The Balaban J connectivity index is 2.04. The molecule has 0 spiro atoms. The lowest BCUT2D eigenvalue weighted by molar-refractivity contribution is -0.118. The fourth-order valence-electron chi connectivity index (χ4n) is 3.97. The zero-order valence-corrected chi connectivity index (χ0v) is 16.0. The predicted octanol–water partition coefficient (Wildman–Crippen LogP) is 4.29. The molecule has 1 atom stereocenters. The van der Waals surface area contributed by atoms with Gasteiger partial charge in [-0.2, -0.15) is 0 Å². The van der Waals surface area contributed by atoms with E-state index in [0.29, 0.717) is 34.8 Å². The average molecular weight is 388 g/mol. The number of carbonyl (C=O) groups excluding carboxylic acids is 1. The maximum absolute atomic E-state index is 13.0. The van der Waals surface area contributed by atoms with Crippen molar-refractivity contribution in [3.05, 3.63) is 66.8 Å². The van der Waals surface area contributed by atoms with Crippen molar-refractivity contribution in [2.75, 3.05) is 5.32 Å². The van der Waals surface area contributed by atoms with Crippen LogP contribution in [0.15, 0.2) is 40.3 Å². The van der Waals surface area contributed by atoms with Gasteiger partial charge in [0.25, 0.3) is 5.56 Å². The molecule has 1 aromatic carbocycles. The first-order valence-corrected chi connectivity index (χ1v) is 9.20. The van der Waals surface area contributed by atoms with E-state index in [1.54, 1.807) is 6.07 Å². The molecule has 0 saturated heterocycles. The number of H-pyrrole nitrogens is 2. The Labute approximate surface area is 160 Å². The second-order valence-corrected chi connectivity index (χ2v) is 8.43. The number of rotatable bonds is 1. The van der Waals surface area contributed by atoms with Gasteiger partial charge in [-0.3, -0.25) is 14.6 Å². The van der Waals surface area contributed by atoms with E-state index in [0.717, 1.165) is 11.3 Å². The Kier molecular flexibility index (Phi) is 3.93. The Bertz CT molecular complexity index is 1080. The van der Waals surface area contributed by atoms with Crippen molar-refractivity contribution in [2.45, 2.75) is 32.6 Å². The van der Waals surface area contributed by atoms with Crippen LogP contribution in [0.4, 0.5) is 5.82 Å². The SMILES string of the molecule is CC1(C)CC(=O)C2=C(C1)Nc1[nH]c(=S)[nH]c(=O)c1[C@H]2c1ccccc1Cl. The molecule has 26 heavy (non-hydrogen) atoms. The second-order valence-electron chi connectivity index (χ2n) is 7.61. The molecule has 0 bridgehead atoms. The van der Waals surface area contributed by atoms with Crippen molar-refractivity contribution >= 4 is 35.4 Å². The molecule has 4 rings (SSSR count). The van der Waals surface area contributed by atoms with Crippen molar-refractivity contribution in [1.29, 1.82) is 0 Å². The topological polar surface area (TPSA) is 77.8 Å². The van der Waals surface area contributed by atoms with Gasteiger partial charge < -0.3 is 10.3 Å². The molecule has 1 aliphatic heterocycles. The number of benzene rings is 1. The third-order valence-corrected chi connectivity index (χ3v) is 5.52. The first-order valence-electron chi connectivity index (χ1n) is 8.41. The number of Topliss-reactive ketones (excluding diaryl/α,β-unsaturated/α-hetero) is 1. The maximum Gasteiger partial charge on any atom is 0.257 e. The van der Waals surface area contributed by atoms with Gasteiger partial charge in [0, 0.05) is 28.6 Å². The monoisotopic (exact) mass is 387 g/mol. The zero-order valence-electron chi connectivity index (χ0n) is 14.4. The van der Waals surface area contributed by atoms with E-state index in [1.165, 1.54) is 0 Å². The van der Waals surface area contributed by atoms with Gasteiger partial charge in [0.05, 0.1) is 5.56 Å². The van der Waals surface area contributed by atoms with Crippen molar-refractivity contribution < 1.29 is 4.79 Å². The van der Waals surface area contributed by atoms with Crippen LogP contribution in [0.5, 0.6) is 0 Å². The van der Waals surface area contributed by atoms with Gasteiger partial charge in [-0.25, -0.2) is 0 Å². The highest BCUT2D eigenvalue weighted by atomic mass is 35.5. The Morgan fingerprint density at radius 3 is 2.62 bits per heavy atom. The minimum Gasteiger partial charge on any atom is -0.344 e. The third kappa shape index (κ3) is 2.73. The smallest absolute Gasteiger partial charge is 0.257 e.